The van der Waals surface area contributed by atoms with Gasteiger partial charge in [-0.3, -0.25) is 0 Å². The molecule has 0 amide bonds. The molecule has 3 nitrogen and oxygen atoms in total. The van der Waals surface area contributed by atoms with Crippen molar-refractivity contribution in [3.63, 3.8) is 0 Å². The molecule has 0 bridgehead atoms. The van der Waals surface area contributed by atoms with Gasteiger partial charge in [0, 0.05) is 19.3 Å². The maximum absolute atomic E-state index is 5.51. The van der Waals surface area contributed by atoms with Gasteiger partial charge >= 0.3 is 0 Å². The standard InChI is InChI=1S/C15H25NO2/c1-4-13(2)11-16-15-7-5-6-14(10-15)12-18-9-8-17-3/h5-7,10,13,16H,4,8-9,11-12H2,1-3H3. The van der Waals surface area contributed by atoms with Crippen molar-refractivity contribution in [1.29, 1.82) is 0 Å². The Bertz CT molecular complexity index is 328. The summed E-state index contributed by atoms with van der Waals surface area (Å²) >= 11 is 0. The van der Waals surface area contributed by atoms with Crippen LogP contribution in [0.2, 0.25) is 0 Å². The molecule has 0 aliphatic heterocycles. The summed E-state index contributed by atoms with van der Waals surface area (Å²) in [5.41, 5.74) is 2.36. The molecule has 1 aromatic rings. The van der Waals surface area contributed by atoms with E-state index in [-0.39, 0.29) is 0 Å². The van der Waals surface area contributed by atoms with E-state index < -0.39 is 0 Å². The summed E-state index contributed by atoms with van der Waals surface area (Å²) in [7, 11) is 1.68. The third kappa shape index (κ3) is 6.03. The molecule has 0 spiro atoms. The molecule has 102 valence electrons. The highest BCUT2D eigenvalue weighted by Gasteiger charge is 2.00. The van der Waals surface area contributed by atoms with Crippen molar-refractivity contribution in [3.05, 3.63) is 29.8 Å². The molecule has 1 unspecified atom stereocenters. The van der Waals surface area contributed by atoms with Crippen LogP contribution in [0, 0.1) is 5.92 Å². The molecular weight excluding hydrogens is 226 g/mol. The highest BCUT2D eigenvalue weighted by molar-refractivity contribution is 5.45. The molecule has 18 heavy (non-hydrogen) atoms. The zero-order valence-corrected chi connectivity index (χ0v) is 11.7. The van der Waals surface area contributed by atoms with Crippen LogP contribution in [-0.4, -0.2) is 26.9 Å². The summed E-state index contributed by atoms with van der Waals surface area (Å²) in [6.45, 7) is 7.41. The minimum Gasteiger partial charge on any atom is -0.385 e. The Morgan fingerprint density at radius 1 is 1.28 bits per heavy atom. The van der Waals surface area contributed by atoms with E-state index >= 15 is 0 Å². The van der Waals surface area contributed by atoms with Crippen LogP contribution in [0.3, 0.4) is 0 Å². The summed E-state index contributed by atoms with van der Waals surface area (Å²) in [6, 6.07) is 8.39. The van der Waals surface area contributed by atoms with E-state index in [2.05, 4.69) is 43.4 Å². The van der Waals surface area contributed by atoms with E-state index in [0.717, 1.165) is 6.54 Å². The summed E-state index contributed by atoms with van der Waals surface area (Å²) < 4.78 is 10.5. The molecule has 0 aliphatic carbocycles. The summed E-state index contributed by atoms with van der Waals surface area (Å²) in [5, 5.41) is 3.46. The quantitative estimate of drug-likeness (QED) is 0.683. The fraction of sp³-hybridized carbons (Fsp3) is 0.600. The fourth-order valence-electron chi connectivity index (χ4n) is 1.54. The largest absolute Gasteiger partial charge is 0.385 e. The average Bonchev–Trinajstić information content (AvgIpc) is 2.41. The molecule has 0 radical (unpaired) electrons. The van der Waals surface area contributed by atoms with E-state index in [1.54, 1.807) is 7.11 Å². The SMILES string of the molecule is CCC(C)CNc1cccc(COCCOC)c1. The minimum absolute atomic E-state index is 0.640. The molecular formula is C15H25NO2. The van der Waals surface area contributed by atoms with E-state index in [4.69, 9.17) is 9.47 Å². The second-order valence-electron chi connectivity index (χ2n) is 4.64. The number of hydrogen-bond acceptors (Lipinski definition) is 3. The number of benzene rings is 1. The first-order chi connectivity index (χ1) is 8.76. The zero-order chi connectivity index (χ0) is 13.2. The molecule has 1 N–H and O–H groups in total. The molecule has 0 aliphatic rings. The molecule has 1 atom stereocenters. The van der Waals surface area contributed by atoms with Gasteiger partial charge in [-0.15, -0.1) is 0 Å². The molecule has 0 aromatic heterocycles. The van der Waals surface area contributed by atoms with Crippen molar-refractivity contribution in [1.82, 2.24) is 0 Å². The fourth-order valence-corrected chi connectivity index (χ4v) is 1.54. The molecule has 0 fully saturated rings. The van der Waals surface area contributed by atoms with Crippen LogP contribution < -0.4 is 5.32 Å². The number of nitrogens with one attached hydrogen (secondary N) is 1. The number of methoxy groups -OCH3 is 1. The Kier molecular flexibility index (Phi) is 7.46. The van der Waals surface area contributed by atoms with Crippen LogP contribution in [0.4, 0.5) is 5.69 Å². The third-order valence-electron chi connectivity index (χ3n) is 2.98. The van der Waals surface area contributed by atoms with Crippen molar-refractivity contribution >= 4 is 5.69 Å². The van der Waals surface area contributed by atoms with Gasteiger partial charge in [-0.2, -0.15) is 0 Å². The second kappa shape index (κ2) is 8.95. The van der Waals surface area contributed by atoms with Crippen LogP contribution >= 0.6 is 0 Å². The predicted octanol–water partition coefficient (Wildman–Crippen LogP) is 3.31. The zero-order valence-electron chi connectivity index (χ0n) is 11.7. The average molecular weight is 251 g/mol. The van der Waals surface area contributed by atoms with Crippen molar-refractivity contribution < 1.29 is 9.47 Å². The lowest BCUT2D eigenvalue weighted by molar-refractivity contribution is 0.0617. The normalized spacial score (nSPS) is 12.4. The van der Waals surface area contributed by atoms with Gasteiger partial charge < -0.3 is 14.8 Å². The number of ether oxygens (including phenoxy) is 2. The van der Waals surface area contributed by atoms with E-state index in [0.29, 0.717) is 25.7 Å². The van der Waals surface area contributed by atoms with Crippen molar-refractivity contribution in [3.8, 4) is 0 Å². The second-order valence-corrected chi connectivity index (χ2v) is 4.64. The van der Waals surface area contributed by atoms with Gasteiger partial charge in [0.15, 0.2) is 0 Å². The molecule has 1 aromatic carbocycles. The van der Waals surface area contributed by atoms with Gasteiger partial charge in [0.1, 0.15) is 0 Å². The van der Waals surface area contributed by atoms with E-state index in [1.807, 2.05) is 0 Å². The first kappa shape index (κ1) is 15.0. The van der Waals surface area contributed by atoms with Crippen LogP contribution in [-0.2, 0) is 16.1 Å². The minimum atomic E-state index is 0.640. The monoisotopic (exact) mass is 251 g/mol. The van der Waals surface area contributed by atoms with Crippen molar-refractivity contribution in [2.75, 3.05) is 32.2 Å². The Morgan fingerprint density at radius 2 is 2.11 bits per heavy atom. The maximum atomic E-state index is 5.51. The first-order valence-corrected chi connectivity index (χ1v) is 6.65. The molecule has 0 heterocycles. The smallest absolute Gasteiger partial charge is 0.0718 e. The lowest BCUT2D eigenvalue weighted by Crippen LogP contribution is -2.10. The number of rotatable bonds is 9. The van der Waals surface area contributed by atoms with E-state index in [9.17, 15) is 0 Å². The van der Waals surface area contributed by atoms with Gasteiger partial charge in [0.25, 0.3) is 0 Å². The molecule has 3 heteroatoms. The molecule has 0 saturated carbocycles. The highest BCUT2D eigenvalue weighted by Crippen LogP contribution is 2.12. The maximum Gasteiger partial charge on any atom is 0.0718 e. The number of anilines is 1. The summed E-state index contributed by atoms with van der Waals surface area (Å²) in [6.07, 6.45) is 1.20. The van der Waals surface area contributed by atoms with Gasteiger partial charge in [-0.1, -0.05) is 32.4 Å². The van der Waals surface area contributed by atoms with Crippen molar-refractivity contribution in [2.24, 2.45) is 5.92 Å². The summed E-state index contributed by atoms with van der Waals surface area (Å²) in [5.74, 6) is 0.701. The van der Waals surface area contributed by atoms with Gasteiger partial charge in [-0.25, -0.2) is 0 Å². The summed E-state index contributed by atoms with van der Waals surface area (Å²) in [4.78, 5) is 0. The number of hydrogen-bond donors (Lipinski definition) is 1. The molecule has 0 saturated heterocycles. The Balaban J connectivity index is 2.36. The van der Waals surface area contributed by atoms with Crippen LogP contribution in [0.25, 0.3) is 0 Å². The van der Waals surface area contributed by atoms with Crippen LogP contribution in [0.1, 0.15) is 25.8 Å². The van der Waals surface area contributed by atoms with Gasteiger partial charge in [-0.05, 0) is 23.6 Å². The van der Waals surface area contributed by atoms with Gasteiger partial charge in [0.05, 0.1) is 19.8 Å². The lowest BCUT2D eigenvalue weighted by atomic mass is 10.1. The third-order valence-corrected chi connectivity index (χ3v) is 2.98. The molecule has 1 rings (SSSR count). The predicted molar refractivity (Wildman–Crippen MR) is 75.9 cm³/mol. The van der Waals surface area contributed by atoms with Crippen molar-refractivity contribution in [2.45, 2.75) is 26.9 Å². The van der Waals surface area contributed by atoms with E-state index in [1.165, 1.54) is 17.7 Å². The first-order valence-electron chi connectivity index (χ1n) is 6.65. The van der Waals surface area contributed by atoms with Crippen LogP contribution in [0.15, 0.2) is 24.3 Å². The van der Waals surface area contributed by atoms with Crippen LogP contribution in [0.5, 0.6) is 0 Å². The topological polar surface area (TPSA) is 30.5 Å². The van der Waals surface area contributed by atoms with Gasteiger partial charge in [0.2, 0.25) is 0 Å². The highest BCUT2D eigenvalue weighted by atomic mass is 16.5. The lowest BCUT2D eigenvalue weighted by Gasteiger charge is -2.12. The Hall–Kier alpha value is -1.06. The Labute approximate surface area is 110 Å². The Morgan fingerprint density at radius 3 is 2.83 bits per heavy atom.